The standard InChI is InChI=1S/C23H28N2O6/c1-12-14-10-25-6-5-23(20(25)7-13(14)15(11-31-12)21(26)30-4)16-8-18(28-2)19(29-3)9-17(16)24-22(23)27/h8-9,11-14,20H,5-7,10H2,1-4H3,(H,24,27)/t12?,13-,14-,20-,23-/m0/s1. The molecule has 166 valence electrons. The largest absolute Gasteiger partial charge is 0.497 e. The Balaban J connectivity index is 1.57. The Bertz CT molecular complexity index is 975. The molecule has 0 saturated carbocycles. The molecule has 0 aliphatic carbocycles. The van der Waals surface area contributed by atoms with Crippen LogP contribution in [0.25, 0.3) is 0 Å². The monoisotopic (exact) mass is 428 g/mol. The van der Waals surface area contributed by atoms with E-state index in [1.54, 1.807) is 20.5 Å². The first-order valence-electron chi connectivity index (χ1n) is 10.7. The predicted octanol–water partition coefficient (Wildman–Crippen LogP) is 2.08. The first-order chi connectivity index (χ1) is 14.9. The molecule has 1 spiro atoms. The minimum absolute atomic E-state index is 0.00459. The lowest BCUT2D eigenvalue weighted by atomic mass is 9.66. The van der Waals surface area contributed by atoms with E-state index in [0.29, 0.717) is 23.5 Å². The van der Waals surface area contributed by atoms with Gasteiger partial charge in [-0.25, -0.2) is 4.79 Å². The molecule has 1 N–H and O–H groups in total. The highest BCUT2D eigenvalue weighted by molar-refractivity contribution is 6.07. The summed E-state index contributed by atoms with van der Waals surface area (Å²) in [7, 11) is 4.58. The Kier molecular flexibility index (Phi) is 4.66. The number of amides is 1. The number of carbonyl (C=O) groups is 2. The van der Waals surface area contributed by atoms with E-state index in [-0.39, 0.29) is 35.9 Å². The van der Waals surface area contributed by atoms with Crippen molar-refractivity contribution in [3.63, 3.8) is 0 Å². The van der Waals surface area contributed by atoms with Gasteiger partial charge in [0.15, 0.2) is 11.5 Å². The lowest BCUT2D eigenvalue weighted by Gasteiger charge is -2.48. The number of hydrogen-bond acceptors (Lipinski definition) is 7. The quantitative estimate of drug-likeness (QED) is 0.738. The molecule has 2 fully saturated rings. The minimum Gasteiger partial charge on any atom is -0.497 e. The molecule has 0 bridgehead atoms. The van der Waals surface area contributed by atoms with Gasteiger partial charge >= 0.3 is 5.97 Å². The molecule has 1 aromatic rings. The minimum atomic E-state index is -0.678. The smallest absolute Gasteiger partial charge is 0.337 e. The number of nitrogens with zero attached hydrogens (tertiary/aromatic N) is 1. The van der Waals surface area contributed by atoms with Crippen LogP contribution in [-0.2, 0) is 24.5 Å². The fraction of sp³-hybridized carbons (Fsp3) is 0.565. The second kappa shape index (κ2) is 7.15. The van der Waals surface area contributed by atoms with Crippen molar-refractivity contribution < 1.29 is 28.5 Å². The van der Waals surface area contributed by atoms with Gasteiger partial charge in [0.1, 0.15) is 0 Å². The van der Waals surface area contributed by atoms with Gasteiger partial charge in [0.2, 0.25) is 5.91 Å². The SMILES string of the molecule is COC(=O)C1=COC(C)[C@@H]2CN3CC[C@@]4(C(=O)Nc5cc(OC)c(OC)cc54)[C@@H]3C[C@H]12. The van der Waals surface area contributed by atoms with Gasteiger partial charge in [-0.1, -0.05) is 0 Å². The fourth-order valence-corrected chi connectivity index (χ4v) is 6.14. The Labute approximate surface area is 181 Å². The summed E-state index contributed by atoms with van der Waals surface area (Å²) >= 11 is 0. The molecule has 31 heavy (non-hydrogen) atoms. The Morgan fingerprint density at radius 3 is 2.68 bits per heavy atom. The second-order valence-electron chi connectivity index (χ2n) is 8.85. The zero-order chi connectivity index (χ0) is 21.9. The summed E-state index contributed by atoms with van der Waals surface area (Å²) in [5, 5.41) is 3.08. The predicted molar refractivity (Wildman–Crippen MR) is 112 cm³/mol. The van der Waals surface area contributed by atoms with Crippen molar-refractivity contribution in [3.05, 3.63) is 29.5 Å². The lowest BCUT2D eigenvalue weighted by Crippen LogP contribution is -2.56. The van der Waals surface area contributed by atoms with Crippen LogP contribution in [0.2, 0.25) is 0 Å². The first-order valence-corrected chi connectivity index (χ1v) is 10.7. The second-order valence-corrected chi connectivity index (χ2v) is 8.85. The van der Waals surface area contributed by atoms with Crippen LogP contribution in [-0.4, -0.2) is 63.3 Å². The molecule has 8 heteroatoms. The third-order valence-corrected chi connectivity index (χ3v) is 7.73. The van der Waals surface area contributed by atoms with Crippen LogP contribution < -0.4 is 14.8 Å². The normalized spacial score (nSPS) is 33.5. The maximum absolute atomic E-state index is 13.5. The van der Waals surface area contributed by atoms with Crippen LogP contribution >= 0.6 is 0 Å². The number of benzene rings is 1. The molecule has 2 saturated heterocycles. The molecule has 8 nitrogen and oxygen atoms in total. The molecule has 4 aliphatic rings. The van der Waals surface area contributed by atoms with E-state index in [2.05, 4.69) is 10.2 Å². The number of esters is 1. The molecule has 1 amide bonds. The molecule has 1 aromatic carbocycles. The number of ether oxygens (including phenoxy) is 4. The summed E-state index contributed by atoms with van der Waals surface area (Å²) in [6.45, 7) is 3.64. The number of fused-ring (bicyclic) bond motifs is 5. The lowest BCUT2D eigenvalue weighted by molar-refractivity contribution is -0.139. The summed E-state index contributed by atoms with van der Waals surface area (Å²) in [6, 6.07) is 3.75. The van der Waals surface area contributed by atoms with Crippen molar-refractivity contribution in [1.82, 2.24) is 4.90 Å². The number of methoxy groups -OCH3 is 3. The molecular weight excluding hydrogens is 400 g/mol. The van der Waals surface area contributed by atoms with Crippen LogP contribution in [0.1, 0.15) is 25.3 Å². The summed E-state index contributed by atoms with van der Waals surface area (Å²) < 4.78 is 21.8. The van der Waals surface area contributed by atoms with Crippen molar-refractivity contribution in [3.8, 4) is 11.5 Å². The van der Waals surface area contributed by atoms with Crippen molar-refractivity contribution >= 4 is 17.6 Å². The fourth-order valence-electron chi connectivity index (χ4n) is 6.14. The third kappa shape index (κ3) is 2.70. The summed E-state index contributed by atoms with van der Waals surface area (Å²) in [5.41, 5.74) is 1.61. The van der Waals surface area contributed by atoms with Crippen molar-refractivity contribution in [2.75, 3.05) is 39.7 Å². The molecule has 1 unspecified atom stereocenters. The van der Waals surface area contributed by atoms with Crippen molar-refractivity contribution in [2.45, 2.75) is 37.3 Å². The number of nitrogens with one attached hydrogen (secondary N) is 1. The molecule has 0 radical (unpaired) electrons. The van der Waals surface area contributed by atoms with Crippen LogP contribution in [0.3, 0.4) is 0 Å². The average molecular weight is 428 g/mol. The van der Waals surface area contributed by atoms with E-state index < -0.39 is 5.41 Å². The van der Waals surface area contributed by atoms with Gasteiger partial charge in [0, 0.05) is 36.2 Å². The maximum atomic E-state index is 13.5. The van der Waals surface area contributed by atoms with Gasteiger partial charge in [-0.05, 0) is 37.9 Å². The van der Waals surface area contributed by atoms with Crippen molar-refractivity contribution in [2.24, 2.45) is 11.8 Å². The Morgan fingerprint density at radius 1 is 1.23 bits per heavy atom. The van der Waals surface area contributed by atoms with Crippen LogP contribution in [0.15, 0.2) is 24.0 Å². The van der Waals surface area contributed by atoms with Crippen LogP contribution in [0, 0.1) is 11.8 Å². The van der Waals surface area contributed by atoms with Gasteiger partial charge in [0.25, 0.3) is 0 Å². The highest BCUT2D eigenvalue weighted by Gasteiger charge is 2.61. The van der Waals surface area contributed by atoms with Crippen molar-refractivity contribution in [1.29, 1.82) is 0 Å². The Morgan fingerprint density at radius 2 is 1.97 bits per heavy atom. The zero-order valence-electron chi connectivity index (χ0n) is 18.3. The van der Waals surface area contributed by atoms with Gasteiger partial charge in [-0.3, -0.25) is 9.69 Å². The van der Waals surface area contributed by atoms with E-state index in [4.69, 9.17) is 18.9 Å². The average Bonchev–Trinajstić information content (AvgIpc) is 3.29. The number of rotatable bonds is 3. The zero-order valence-corrected chi connectivity index (χ0v) is 18.3. The van der Waals surface area contributed by atoms with Gasteiger partial charge in [-0.15, -0.1) is 0 Å². The summed E-state index contributed by atoms with van der Waals surface area (Å²) in [6.07, 6.45) is 2.98. The van der Waals surface area contributed by atoms with E-state index in [1.807, 2.05) is 19.1 Å². The van der Waals surface area contributed by atoms with E-state index in [0.717, 1.165) is 30.8 Å². The maximum Gasteiger partial charge on any atom is 0.337 e. The number of hydrogen-bond donors (Lipinski definition) is 1. The number of anilines is 1. The summed E-state index contributed by atoms with van der Waals surface area (Å²) in [4.78, 5) is 28.3. The molecule has 4 heterocycles. The molecule has 4 aliphatic heterocycles. The number of carbonyl (C=O) groups excluding carboxylic acids is 2. The van der Waals surface area contributed by atoms with Gasteiger partial charge in [-0.2, -0.15) is 0 Å². The first kappa shape index (κ1) is 20.2. The van der Waals surface area contributed by atoms with E-state index in [1.165, 1.54) is 7.11 Å². The van der Waals surface area contributed by atoms with E-state index >= 15 is 0 Å². The molecule has 5 atom stereocenters. The molecular formula is C23H28N2O6. The topological polar surface area (TPSA) is 86.3 Å². The van der Waals surface area contributed by atoms with Gasteiger partial charge < -0.3 is 24.3 Å². The summed E-state index contributed by atoms with van der Waals surface area (Å²) in [5.74, 6) is 1.02. The van der Waals surface area contributed by atoms with Crippen LogP contribution in [0.4, 0.5) is 5.69 Å². The third-order valence-electron chi connectivity index (χ3n) is 7.73. The molecule has 5 rings (SSSR count). The molecule has 0 aromatic heterocycles. The Hall–Kier alpha value is -2.74. The van der Waals surface area contributed by atoms with Crippen LogP contribution in [0.5, 0.6) is 11.5 Å². The van der Waals surface area contributed by atoms with E-state index in [9.17, 15) is 9.59 Å². The highest BCUT2D eigenvalue weighted by Crippen LogP contribution is 2.55. The number of piperidine rings is 1. The highest BCUT2D eigenvalue weighted by atomic mass is 16.5. The van der Waals surface area contributed by atoms with Gasteiger partial charge in [0.05, 0.1) is 44.7 Å².